The lowest BCUT2D eigenvalue weighted by Crippen LogP contribution is -2.35. The SMILES string of the molecule is CN(C)CCN1C(=O)C(=O)/C(=C(/O)c2ccccc2)[C@H]1c1ccc2c(c1)OCO2. The van der Waals surface area contributed by atoms with E-state index >= 15 is 0 Å². The molecule has 2 aliphatic rings. The molecule has 0 radical (unpaired) electrons. The number of likely N-dealkylation sites (tertiary alicyclic amines) is 1. The van der Waals surface area contributed by atoms with Gasteiger partial charge in [0.25, 0.3) is 11.7 Å². The van der Waals surface area contributed by atoms with Crippen LogP contribution in [0.4, 0.5) is 0 Å². The van der Waals surface area contributed by atoms with Crippen molar-refractivity contribution in [2.45, 2.75) is 6.04 Å². The van der Waals surface area contributed by atoms with Gasteiger partial charge in [-0.25, -0.2) is 0 Å². The highest BCUT2D eigenvalue weighted by molar-refractivity contribution is 6.46. The molecule has 1 fully saturated rings. The highest BCUT2D eigenvalue weighted by Crippen LogP contribution is 2.42. The number of likely N-dealkylation sites (N-methyl/N-ethyl adjacent to an activating group) is 1. The van der Waals surface area contributed by atoms with Gasteiger partial charge in [-0.1, -0.05) is 36.4 Å². The maximum atomic E-state index is 12.9. The molecule has 0 spiro atoms. The number of ketones is 1. The van der Waals surface area contributed by atoms with Crippen LogP contribution in [-0.2, 0) is 9.59 Å². The Balaban J connectivity index is 1.84. The predicted octanol–water partition coefficient (Wildman–Crippen LogP) is 2.40. The molecule has 2 aliphatic heterocycles. The Kier molecular flexibility index (Phi) is 4.98. The van der Waals surface area contributed by atoms with Gasteiger partial charge in [-0.2, -0.15) is 0 Å². The van der Waals surface area contributed by atoms with Crippen LogP contribution < -0.4 is 9.47 Å². The van der Waals surface area contributed by atoms with Gasteiger partial charge in [0, 0.05) is 18.7 Å². The van der Waals surface area contributed by atoms with Crippen LogP contribution in [0.25, 0.3) is 5.76 Å². The van der Waals surface area contributed by atoms with Crippen molar-refractivity contribution in [1.29, 1.82) is 0 Å². The molecule has 0 aromatic heterocycles. The van der Waals surface area contributed by atoms with E-state index in [4.69, 9.17) is 9.47 Å². The molecule has 7 heteroatoms. The Hall–Kier alpha value is -3.32. The summed E-state index contributed by atoms with van der Waals surface area (Å²) in [4.78, 5) is 29.2. The lowest BCUT2D eigenvalue weighted by atomic mass is 9.95. The maximum absolute atomic E-state index is 12.9. The molecule has 1 amide bonds. The summed E-state index contributed by atoms with van der Waals surface area (Å²) in [5.41, 5.74) is 1.26. The Morgan fingerprint density at radius 1 is 1.10 bits per heavy atom. The van der Waals surface area contributed by atoms with E-state index in [1.54, 1.807) is 42.5 Å². The fraction of sp³-hybridized carbons (Fsp3) is 0.273. The number of hydrogen-bond donors (Lipinski definition) is 1. The molecule has 1 saturated heterocycles. The molecule has 0 aliphatic carbocycles. The van der Waals surface area contributed by atoms with E-state index in [0.717, 1.165) is 0 Å². The van der Waals surface area contributed by atoms with Crippen molar-refractivity contribution in [3.05, 3.63) is 65.2 Å². The smallest absolute Gasteiger partial charge is 0.295 e. The molecule has 0 unspecified atom stereocenters. The van der Waals surface area contributed by atoms with Crippen molar-refractivity contribution in [1.82, 2.24) is 9.80 Å². The first-order valence-electron chi connectivity index (χ1n) is 9.35. The lowest BCUT2D eigenvalue weighted by Gasteiger charge is -2.26. The molecule has 7 nitrogen and oxygen atoms in total. The molecule has 4 rings (SSSR count). The third-order valence-corrected chi connectivity index (χ3v) is 5.09. The minimum Gasteiger partial charge on any atom is -0.507 e. The number of rotatable bonds is 5. The Bertz CT molecular complexity index is 984. The zero-order valence-corrected chi connectivity index (χ0v) is 16.3. The lowest BCUT2D eigenvalue weighted by molar-refractivity contribution is -0.140. The van der Waals surface area contributed by atoms with Crippen LogP contribution in [0.15, 0.2) is 54.1 Å². The highest BCUT2D eigenvalue weighted by atomic mass is 16.7. The Morgan fingerprint density at radius 3 is 2.55 bits per heavy atom. The zero-order valence-electron chi connectivity index (χ0n) is 16.3. The second kappa shape index (κ2) is 7.60. The summed E-state index contributed by atoms with van der Waals surface area (Å²) in [5.74, 6) is -0.318. The molecule has 1 N–H and O–H groups in total. The van der Waals surface area contributed by atoms with E-state index in [-0.39, 0.29) is 18.1 Å². The second-order valence-corrected chi connectivity index (χ2v) is 7.27. The van der Waals surface area contributed by atoms with Gasteiger partial charge < -0.3 is 24.4 Å². The van der Waals surface area contributed by atoms with Gasteiger partial charge in [0.2, 0.25) is 6.79 Å². The summed E-state index contributed by atoms with van der Waals surface area (Å²) in [6, 6.07) is 13.4. The van der Waals surface area contributed by atoms with Gasteiger partial charge in [0.05, 0.1) is 11.6 Å². The number of ether oxygens (including phenoxy) is 2. The fourth-order valence-electron chi connectivity index (χ4n) is 3.60. The standard InChI is InChI=1S/C22H22N2O5/c1-23(2)10-11-24-19(15-8-9-16-17(12-15)29-13-28-16)18(21(26)22(24)27)20(25)14-6-4-3-5-7-14/h3-9,12,19,25H,10-11,13H2,1-2H3/b20-18+/t19-/m1/s1. The van der Waals surface area contributed by atoms with E-state index in [1.807, 2.05) is 25.1 Å². The largest absolute Gasteiger partial charge is 0.507 e. The van der Waals surface area contributed by atoms with Gasteiger partial charge in [0.1, 0.15) is 5.76 Å². The topological polar surface area (TPSA) is 79.3 Å². The van der Waals surface area contributed by atoms with Crippen molar-refractivity contribution in [3.63, 3.8) is 0 Å². The Labute approximate surface area is 168 Å². The number of carbonyl (C=O) groups is 2. The molecule has 1 atom stereocenters. The van der Waals surface area contributed by atoms with Crippen molar-refractivity contribution in [3.8, 4) is 11.5 Å². The number of aliphatic hydroxyl groups excluding tert-OH is 1. The molecule has 2 aromatic rings. The van der Waals surface area contributed by atoms with E-state index < -0.39 is 17.7 Å². The number of benzene rings is 2. The molecule has 150 valence electrons. The Morgan fingerprint density at radius 2 is 1.83 bits per heavy atom. The number of hydrogen-bond acceptors (Lipinski definition) is 6. The maximum Gasteiger partial charge on any atom is 0.295 e. The molecule has 2 aromatic carbocycles. The molecule has 0 bridgehead atoms. The molecule has 2 heterocycles. The van der Waals surface area contributed by atoms with Crippen molar-refractivity contribution >= 4 is 17.4 Å². The highest BCUT2D eigenvalue weighted by Gasteiger charge is 2.46. The van der Waals surface area contributed by atoms with Gasteiger partial charge in [0.15, 0.2) is 11.5 Å². The minimum absolute atomic E-state index is 0.0822. The summed E-state index contributed by atoms with van der Waals surface area (Å²) in [6.45, 7) is 1.06. The first-order chi connectivity index (χ1) is 14.0. The third-order valence-electron chi connectivity index (χ3n) is 5.09. The molecular weight excluding hydrogens is 372 g/mol. The summed E-state index contributed by atoms with van der Waals surface area (Å²) >= 11 is 0. The van der Waals surface area contributed by atoms with E-state index in [2.05, 4.69) is 0 Å². The first kappa shape index (κ1) is 19.0. The molecule has 0 saturated carbocycles. The number of aliphatic hydroxyl groups is 1. The van der Waals surface area contributed by atoms with Crippen molar-refractivity contribution < 1.29 is 24.2 Å². The van der Waals surface area contributed by atoms with Gasteiger partial charge in [-0.3, -0.25) is 9.59 Å². The number of Topliss-reactive ketones (excluding diaryl/α,β-unsaturated/α-hetero) is 1. The number of nitrogens with zero attached hydrogens (tertiary/aromatic N) is 2. The average Bonchev–Trinajstić information content (AvgIpc) is 3.29. The van der Waals surface area contributed by atoms with Crippen molar-refractivity contribution in [2.24, 2.45) is 0 Å². The van der Waals surface area contributed by atoms with Crippen LogP contribution in [0, 0.1) is 0 Å². The van der Waals surface area contributed by atoms with E-state index in [0.29, 0.717) is 35.7 Å². The number of fused-ring (bicyclic) bond motifs is 1. The fourth-order valence-corrected chi connectivity index (χ4v) is 3.60. The minimum atomic E-state index is -0.704. The summed E-state index contributed by atoms with van der Waals surface area (Å²) in [5, 5.41) is 10.9. The van der Waals surface area contributed by atoms with Crippen LogP contribution >= 0.6 is 0 Å². The zero-order chi connectivity index (χ0) is 20.5. The molecule has 29 heavy (non-hydrogen) atoms. The normalized spacial score (nSPS) is 20.0. The monoisotopic (exact) mass is 394 g/mol. The quantitative estimate of drug-likeness (QED) is 0.477. The van der Waals surface area contributed by atoms with Crippen molar-refractivity contribution in [2.75, 3.05) is 34.0 Å². The summed E-state index contributed by atoms with van der Waals surface area (Å²) < 4.78 is 10.8. The summed E-state index contributed by atoms with van der Waals surface area (Å²) in [6.07, 6.45) is 0. The third kappa shape index (κ3) is 3.45. The predicted molar refractivity (Wildman–Crippen MR) is 107 cm³/mol. The van der Waals surface area contributed by atoms with Crippen LogP contribution in [0.3, 0.4) is 0 Å². The van der Waals surface area contributed by atoms with Crippen LogP contribution in [0.2, 0.25) is 0 Å². The number of carbonyl (C=O) groups excluding carboxylic acids is 2. The van der Waals surface area contributed by atoms with Crippen LogP contribution in [0.1, 0.15) is 17.2 Å². The van der Waals surface area contributed by atoms with Gasteiger partial charge in [-0.15, -0.1) is 0 Å². The average molecular weight is 394 g/mol. The first-order valence-corrected chi connectivity index (χ1v) is 9.35. The van der Waals surface area contributed by atoms with Gasteiger partial charge in [-0.05, 0) is 31.8 Å². The molecular formula is C22H22N2O5. The van der Waals surface area contributed by atoms with Crippen LogP contribution in [0.5, 0.6) is 11.5 Å². The number of amides is 1. The second-order valence-electron chi connectivity index (χ2n) is 7.27. The van der Waals surface area contributed by atoms with E-state index in [9.17, 15) is 14.7 Å². The van der Waals surface area contributed by atoms with Crippen LogP contribution in [-0.4, -0.2) is 60.6 Å². The summed E-state index contributed by atoms with van der Waals surface area (Å²) in [7, 11) is 3.80. The van der Waals surface area contributed by atoms with E-state index in [1.165, 1.54) is 4.90 Å². The van der Waals surface area contributed by atoms with Gasteiger partial charge >= 0.3 is 0 Å².